The van der Waals surface area contributed by atoms with Crippen LogP contribution in [0.25, 0.3) is 0 Å². The van der Waals surface area contributed by atoms with Crippen LogP contribution in [0, 0.1) is 0 Å². The molecule has 0 heterocycles. The number of nitrogens with two attached hydrogens (primary N) is 1. The van der Waals surface area contributed by atoms with E-state index < -0.39 is 20.3 Å². The van der Waals surface area contributed by atoms with Gasteiger partial charge in [-0.2, -0.15) is 0 Å². The molecule has 0 radical (unpaired) electrons. The molecule has 0 aromatic rings. The summed E-state index contributed by atoms with van der Waals surface area (Å²) < 4.78 is 13.3. The summed E-state index contributed by atoms with van der Waals surface area (Å²) in [4.78, 5) is 25.9. The second-order valence-corrected chi connectivity index (χ2v) is 2.32. The van der Waals surface area contributed by atoms with Crippen molar-refractivity contribution < 1.29 is 23.7 Å². The fourth-order valence-corrected chi connectivity index (χ4v) is 0.510. The number of phosphoric acid groups is 1. The molecule has 0 amide bonds. The molecule has 8 heteroatoms. The van der Waals surface area contributed by atoms with Crippen molar-refractivity contribution >= 4 is 65.2 Å². The van der Waals surface area contributed by atoms with Crippen LogP contribution in [0.15, 0.2) is 0 Å². The molecule has 0 saturated carbocycles. The van der Waals surface area contributed by atoms with Crippen LogP contribution in [0.5, 0.6) is 0 Å². The zero-order valence-electron chi connectivity index (χ0n) is 4.35. The first-order valence-electron chi connectivity index (χ1n) is 1.94. The SMILES string of the molecule is NCC(=O)OP(=O)(O)O.[KH]. The zero-order chi connectivity index (χ0) is 7.49. The first kappa shape index (κ1) is 13.8. The molecule has 0 aromatic heterocycles. The first-order chi connectivity index (χ1) is 3.95. The average molecular weight is 195 g/mol. The molecule has 0 bridgehead atoms. The quantitative estimate of drug-likeness (QED) is 0.345. The van der Waals surface area contributed by atoms with Crippen LogP contribution in [-0.4, -0.2) is 73.7 Å². The summed E-state index contributed by atoms with van der Waals surface area (Å²) in [6.45, 7) is -0.537. The van der Waals surface area contributed by atoms with Crippen molar-refractivity contribution in [3.63, 3.8) is 0 Å². The summed E-state index contributed by atoms with van der Waals surface area (Å²) in [5.74, 6) is -1.12. The topological polar surface area (TPSA) is 110 Å². The Labute approximate surface area is 99.8 Å². The Morgan fingerprint density at radius 1 is 1.60 bits per heavy atom. The van der Waals surface area contributed by atoms with E-state index in [1.54, 1.807) is 0 Å². The van der Waals surface area contributed by atoms with Crippen LogP contribution in [0.1, 0.15) is 0 Å². The van der Waals surface area contributed by atoms with E-state index in [-0.39, 0.29) is 51.4 Å². The third-order valence-electron chi connectivity index (χ3n) is 0.387. The van der Waals surface area contributed by atoms with Crippen molar-refractivity contribution in [3.05, 3.63) is 0 Å². The molecule has 56 valence electrons. The van der Waals surface area contributed by atoms with Gasteiger partial charge in [-0.15, -0.1) is 0 Å². The predicted octanol–water partition coefficient (Wildman–Crippen LogP) is -2.07. The minimum absolute atomic E-state index is 0. The average Bonchev–Trinajstić information content (AvgIpc) is 1.62. The van der Waals surface area contributed by atoms with Crippen LogP contribution in [-0.2, 0) is 13.9 Å². The molecule has 0 atom stereocenters. The third-order valence-corrected chi connectivity index (χ3v) is 0.829. The molecule has 0 unspecified atom stereocenters. The van der Waals surface area contributed by atoms with E-state index >= 15 is 0 Å². The molecule has 0 aliphatic carbocycles. The Bertz CT molecular complexity index is 154. The van der Waals surface area contributed by atoms with E-state index in [0.29, 0.717) is 0 Å². The number of phosphoric ester groups is 1. The van der Waals surface area contributed by atoms with Gasteiger partial charge in [0.2, 0.25) is 0 Å². The van der Waals surface area contributed by atoms with Gasteiger partial charge in [-0.1, -0.05) is 0 Å². The summed E-state index contributed by atoms with van der Waals surface area (Å²) in [7, 11) is -4.67. The van der Waals surface area contributed by atoms with E-state index in [2.05, 4.69) is 10.3 Å². The molecule has 0 fully saturated rings. The van der Waals surface area contributed by atoms with Crippen LogP contribution in [0.3, 0.4) is 0 Å². The Morgan fingerprint density at radius 2 is 2.00 bits per heavy atom. The van der Waals surface area contributed by atoms with Crippen LogP contribution >= 0.6 is 7.82 Å². The summed E-state index contributed by atoms with van der Waals surface area (Å²) >= 11 is 0. The molecule has 0 aromatic carbocycles. The van der Waals surface area contributed by atoms with Gasteiger partial charge in [-0.25, -0.2) is 4.57 Å². The van der Waals surface area contributed by atoms with E-state index in [1.165, 1.54) is 0 Å². The monoisotopic (exact) mass is 195 g/mol. The molecule has 4 N–H and O–H groups in total. The number of hydrogen-bond donors (Lipinski definition) is 3. The van der Waals surface area contributed by atoms with Crippen molar-refractivity contribution in [2.24, 2.45) is 5.73 Å². The van der Waals surface area contributed by atoms with E-state index in [1.807, 2.05) is 0 Å². The molecule has 10 heavy (non-hydrogen) atoms. The van der Waals surface area contributed by atoms with Gasteiger partial charge in [0, 0.05) is 0 Å². The van der Waals surface area contributed by atoms with Gasteiger partial charge < -0.3 is 10.3 Å². The fourth-order valence-electron chi connectivity index (χ4n) is 0.170. The molecule has 6 nitrogen and oxygen atoms in total. The molecular formula is C2H7KNO5P. The number of rotatable bonds is 2. The molecule has 0 saturated heterocycles. The first-order valence-corrected chi connectivity index (χ1v) is 3.47. The molecular weight excluding hydrogens is 188 g/mol. The Morgan fingerprint density at radius 3 is 2.10 bits per heavy atom. The Kier molecular flexibility index (Phi) is 8.01. The summed E-state index contributed by atoms with van der Waals surface area (Å²) in [5, 5.41) is 0. The van der Waals surface area contributed by atoms with E-state index in [4.69, 9.17) is 9.79 Å². The summed E-state index contributed by atoms with van der Waals surface area (Å²) in [6, 6.07) is 0. The van der Waals surface area contributed by atoms with Crippen LogP contribution < -0.4 is 5.73 Å². The van der Waals surface area contributed by atoms with Crippen LogP contribution in [0.2, 0.25) is 0 Å². The second-order valence-electron chi connectivity index (χ2n) is 1.16. The van der Waals surface area contributed by atoms with Gasteiger partial charge in [-0.05, 0) is 0 Å². The second kappa shape index (κ2) is 5.81. The van der Waals surface area contributed by atoms with Crippen molar-refractivity contribution in [2.75, 3.05) is 6.54 Å². The number of hydrogen-bond acceptors (Lipinski definition) is 4. The van der Waals surface area contributed by atoms with Crippen molar-refractivity contribution in [1.29, 1.82) is 0 Å². The number of carbonyl (C=O) groups excluding carboxylic acids is 1. The van der Waals surface area contributed by atoms with Crippen molar-refractivity contribution in [2.45, 2.75) is 0 Å². The van der Waals surface area contributed by atoms with Crippen molar-refractivity contribution in [1.82, 2.24) is 0 Å². The van der Waals surface area contributed by atoms with E-state index in [0.717, 1.165) is 0 Å². The van der Waals surface area contributed by atoms with Crippen LogP contribution in [0.4, 0.5) is 0 Å². The minimum atomic E-state index is -4.67. The Hall–Kier alpha value is 1.22. The van der Waals surface area contributed by atoms with E-state index in [9.17, 15) is 9.36 Å². The van der Waals surface area contributed by atoms with Gasteiger partial charge in [0.1, 0.15) is 0 Å². The van der Waals surface area contributed by atoms with Gasteiger partial charge >= 0.3 is 65.2 Å². The maximum absolute atomic E-state index is 9.99. The summed E-state index contributed by atoms with van der Waals surface area (Å²) in [5.41, 5.74) is 4.66. The summed E-state index contributed by atoms with van der Waals surface area (Å²) in [6.07, 6.45) is 0. The predicted molar refractivity (Wildman–Crippen MR) is 34.3 cm³/mol. The normalized spacial score (nSPS) is 9.90. The fraction of sp³-hybridized carbons (Fsp3) is 0.500. The molecule has 0 aliphatic rings. The standard InChI is InChI=1S/C2H6NO5P.K.H/c3-1-2(4)8-9(5,6)7;;/h1,3H2,(H2,5,6,7);;. The third kappa shape index (κ3) is 9.22. The maximum atomic E-state index is 9.99. The van der Waals surface area contributed by atoms with Gasteiger partial charge in [0.25, 0.3) is 0 Å². The zero-order valence-corrected chi connectivity index (χ0v) is 5.25. The van der Waals surface area contributed by atoms with Gasteiger partial charge in [-0.3, -0.25) is 14.6 Å². The molecule has 0 aliphatic heterocycles. The molecule has 0 rings (SSSR count). The van der Waals surface area contributed by atoms with Crippen molar-refractivity contribution in [3.8, 4) is 0 Å². The van der Waals surface area contributed by atoms with Gasteiger partial charge in [0.15, 0.2) is 0 Å². The molecule has 0 spiro atoms. The van der Waals surface area contributed by atoms with Gasteiger partial charge in [0.05, 0.1) is 6.54 Å². The Balaban J connectivity index is 0. The number of carbonyl (C=O) groups is 1.